The lowest BCUT2D eigenvalue weighted by molar-refractivity contribution is -0.274. The van der Waals surface area contributed by atoms with Crippen LogP contribution in [0.2, 0.25) is 0 Å². The molecular weight excluding hydrogens is 318 g/mol. The predicted molar refractivity (Wildman–Crippen MR) is 85.4 cm³/mol. The van der Waals surface area contributed by atoms with Crippen molar-refractivity contribution >= 4 is 5.90 Å². The van der Waals surface area contributed by atoms with Crippen LogP contribution in [0.25, 0.3) is 0 Å². The number of nitriles is 3. The van der Waals surface area contributed by atoms with Gasteiger partial charge in [-0.2, -0.15) is 15.8 Å². The Hall–Kier alpha value is -2.95. The van der Waals surface area contributed by atoms with Gasteiger partial charge in [0.25, 0.3) is 0 Å². The Bertz CT molecular complexity index is 820. The molecular formula is C18H17N5O2. The number of nitrogens with zero attached hydrogens (tertiary/aromatic N) is 4. The van der Waals surface area contributed by atoms with Gasteiger partial charge in [0, 0.05) is 24.9 Å². The van der Waals surface area contributed by atoms with Crippen LogP contribution in [0.3, 0.4) is 0 Å². The second kappa shape index (κ2) is 5.55. The molecule has 0 aromatic carbocycles. The van der Waals surface area contributed by atoms with E-state index in [9.17, 15) is 15.8 Å². The Morgan fingerprint density at radius 1 is 1.28 bits per heavy atom. The molecule has 4 atom stereocenters. The summed E-state index contributed by atoms with van der Waals surface area (Å²) < 4.78 is 11.8. The lowest BCUT2D eigenvalue weighted by atomic mass is 9.53. The van der Waals surface area contributed by atoms with Crippen molar-refractivity contribution < 1.29 is 9.47 Å². The van der Waals surface area contributed by atoms with Crippen molar-refractivity contribution in [2.24, 2.45) is 16.7 Å². The average Bonchev–Trinajstić information content (AvgIpc) is 2.79. The van der Waals surface area contributed by atoms with E-state index in [4.69, 9.17) is 14.9 Å². The van der Waals surface area contributed by atoms with E-state index in [0.717, 1.165) is 0 Å². The zero-order valence-corrected chi connectivity index (χ0v) is 14.0. The molecule has 2 aliphatic rings. The van der Waals surface area contributed by atoms with Gasteiger partial charge in [0.2, 0.25) is 17.1 Å². The van der Waals surface area contributed by atoms with E-state index in [1.54, 1.807) is 25.3 Å². The van der Waals surface area contributed by atoms with Crippen molar-refractivity contribution in [3.05, 3.63) is 30.1 Å². The Morgan fingerprint density at radius 3 is 2.52 bits per heavy atom. The lowest BCUT2D eigenvalue weighted by Gasteiger charge is -2.48. The number of hydrogen-bond donors (Lipinski definition) is 1. The van der Waals surface area contributed by atoms with Gasteiger partial charge in [-0.25, -0.2) is 0 Å². The van der Waals surface area contributed by atoms with Crippen molar-refractivity contribution in [2.45, 2.75) is 38.6 Å². The standard InChI is InChI=1S/C18H17N5O2/c1-3-5-13-16(2)24-14(12-6-4-7-23-8-12)17(9-19,10-20)18(13,11-21)15(22)25-16/h4,6-8,13-14,22H,3,5H2,1-2H3. The molecule has 0 aliphatic carbocycles. The van der Waals surface area contributed by atoms with Crippen LogP contribution < -0.4 is 0 Å². The Labute approximate surface area is 145 Å². The molecule has 3 heterocycles. The SMILES string of the molecule is CCCC1C2(C)OC(=N)C1(C#N)C(C#N)(C#N)C(c1cccnc1)O2. The van der Waals surface area contributed by atoms with Gasteiger partial charge in [-0.1, -0.05) is 19.4 Å². The Morgan fingerprint density at radius 2 is 2.00 bits per heavy atom. The highest BCUT2D eigenvalue weighted by Crippen LogP contribution is 2.67. The first kappa shape index (κ1) is 16.9. The number of nitrogens with one attached hydrogen (secondary N) is 1. The van der Waals surface area contributed by atoms with Crippen LogP contribution in [0.4, 0.5) is 0 Å². The summed E-state index contributed by atoms with van der Waals surface area (Å²) in [7, 11) is 0. The van der Waals surface area contributed by atoms with Crippen molar-refractivity contribution in [3.8, 4) is 18.2 Å². The monoisotopic (exact) mass is 335 g/mol. The summed E-state index contributed by atoms with van der Waals surface area (Å²) in [5.74, 6) is -2.21. The van der Waals surface area contributed by atoms with Gasteiger partial charge in [-0.05, 0) is 12.5 Å². The first-order valence-corrected chi connectivity index (χ1v) is 8.05. The third kappa shape index (κ3) is 1.86. The molecule has 2 aliphatic heterocycles. The zero-order valence-electron chi connectivity index (χ0n) is 14.0. The van der Waals surface area contributed by atoms with Crippen LogP contribution >= 0.6 is 0 Å². The number of pyridine rings is 1. The van der Waals surface area contributed by atoms with E-state index in [1.165, 1.54) is 6.20 Å². The maximum atomic E-state index is 10.1. The van der Waals surface area contributed by atoms with E-state index in [-0.39, 0.29) is 5.90 Å². The van der Waals surface area contributed by atoms with E-state index < -0.39 is 28.6 Å². The first-order chi connectivity index (χ1) is 12.0. The van der Waals surface area contributed by atoms with Gasteiger partial charge in [-0.3, -0.25) is 10.4 Å². The highest BCUT2D eigenvalue weighted by atomic mass is 16.7. The molecule has 7 heteroatoms. The fraction of sp³-hybridized carbons (Fsp3) is 0.500. The summed E-state index contributed by atoms with van der Waals surface area (Å²) in [6.07, 6.45) is 3.23. The largest absolute Gasteiger partial charge is 0.448 e. The topological polar surface area (TPSA) is 127 Å². The van der Waals surface area contributed by atoms with Gasteiger partial charge >= 0.3 is 0 Å². The molecule has 1 aromatic heterocycles. The predicted octanol–water partition coefficient (Wildman–Crippen LogP) is 2.84. The molecule has 0 amide bonds. The van der Waals surface area contributed by atoms with E-state index in [0.29, 0.717) is 18.4 Å². The molecule has 126 valence electrons. The van der Waals surface area contributed by atoms with Gasteiger partial charge in [-0.15, -0.1) is 0 Å². The van der Waals surface area contributed by atoms with E-state index in [2.05, 4.69) is 11.1 Å². The molecule has 25 heavy (non-hydrogen) atoms. The van der Waals surface area contributed by atoms with Crippen molar-refractivity contribution in [1.29, 1.82) is 21.2 Å². The van der Waals surface area contributed by atoms with Crippen LogP contribution in [-0.2, 0) is 9.47 Å². The Balaban J connectivity index is 2.32. The number of fused-ring (bicyclic) bond motifs is 2. The quantitative estimate of drug-likeness (QED) is 0.904. The zero-order chi connectivity index (χ0) is 18.3. The minimum absolute atomic E-state index is 0.370. The van der Waals surface area contributed by atoms with Crippen LogP contribution in [0.1, 0.15) is 38.4 Å². The molecule has 0 radical (unpaired) electrons. The minimum Gasteiger partial charge on any atom is -0.448 e. The van der Waals surface area contributed by atoms with Crippen LogP contribution in [0.5, 0.6) is 0 Å². The average molecular weight is 335 g/mol. The number of aromatic nitrogens is 1. The van der Waals surface area contributed by atoms with Gasteiger partial charge in [0.15, 0.2) is 5.41 Å². The highest BCUT2D eigenvalue weighted by Gasteiger charge is 2.79. The van der Waals surface area contributed by atoms with Gasteiger partial charge in [0.05, 0.1) is 24.1 Å². The third-order valence-corrected chi connectivity index (χ3v) is 5.28. The summed E-state index contributed by atoms with van der Waals surface area (Å²) in [4.78, 5) is 4.03. The fourth-order valence-electron chi connectivity index (χ4n) is 4.15. The highest BCUT2D eigenvalue weighted by molar-refractivity contribution is 5.89. The summed E-state index contributed by atoms with van der Waals surface area (Å²) >= 11 is 0. The molecule has 4 unspecified atom stereocenters. The minimum atomic E-state index is -1.91. The molecule has 3 rings (SSSR count). The number of ether oxygens (including phenoxy) is 2. The molecule has 1 N–H and O–H groups in total. The summed E-state index contributed by atoms with van der Waals surface area (Å²) in [5, 5.41) is 38.4. The normalized spacial score (nSPS) is 35.1. The second-order valence-corrected chi connectivity index (χ2v) is 6.52. The molecule has 0 spiro atoms. The summed E-state index contributed by atoms with van der Waals surface area (Å²) in [5.41, 5.74) is -3.10. The summed E-state index contributed by atoms with van der Waals surface area (Å²) in [6, 6.07) is 9.51. The molecule has 0 saturated carbocycles. The first-order valence-electron chi connectivity index (χ1n) is 8.05. The lowest BCUT2D eigenvalue weighted by Crippen LogP contribution is -2.58. The maximum Gasteiger partial charge on any atom is 0.214 e. The molecule has 2 bridgehead atoms. The van der Waals surface area contributed by atoms with Crippen LogP contribution in [0.15, 0.2) is 24.5 Å². The van der Waals surface area contributed by atoms with Crippen molar-refractivity contribution in [3.63, 3.8) is 0 Å². The van der Waals surface area contributed by atoms with Gasteiger partial charge < -0.3 is 9.47 Å². The fourth-order valence-corrected chi connectivity index (χ4v) is 4.15. The smallest absolute Gasteiger partial charge is 0.214 e. The summed E-state index contributed by atoms with van der Waals surface area (Å²) in [6.45, 7) is 3.61. The maximum absolute atomic E-state index is 10.1. The number of rotatable bonds is 3. The van der Waals surface area contributed by atoms with Gasteiger partial charge in [0.1, 0.15) is 6.10 Å². The number of hydrogen-bond acceptors (Lipinski definition) is 7. The van der Waals surface area contributed by atoms with Crippen molar-refractivity contribution in [1.82, 2.24) is 4.98 Å². The second-order valence-electron chi connectivity index (χ2n) is 6.52. The third-order valence-electron chi connectivity index (χ3n) is 5.28. The molecule has 2 saturated heterocycles. The van der Waals surface area contributed by atoms with E-state index in [1.807, 2.05) is 19.1 Å². The molecule has 1 aromatic rings. The van der Waals surface area contributed by atoms with Crippen LogP contribution in [-0.4, -0.2) is 16.7 Å². The molecule has 2 fully saturated rings. The van der Waals surface area contributed by atoms with Crippen molar-refractivity contribution in [2.75, 3.05) is 0 Å². The Kier molecular flexibility index (Phi) is 3.75. The van der Waals surface area contributed by atoms with Crippen LogP contribution in [0, 0.1) is 56.2 Å². The van der Waals surface area contributed by atoms with E-state index >= 15 is 0 Å². The molecule has 7 nitrogen and oxygen atoms in total.